The summed E-state index contributed by atoms with van der Waals surface area (Å²) in [7, 11) is 0. The van der Waals surface area contributed by atoms with Gasteiger partial charge in [-0.1, -0.05) is 0 Å². The second-order valence-electron chi connectivity index (χ2n) is 9.09. The van der Waals surface area contributed by atoms with Crippen molar-refractivity contribution < 1.29 is 27.8 Å². The molecule has 0 fully saturated rings. The summed E-state index contributed by atoms with van der Waals surface area (Å²) in [5.41, 5.74) is 0.812. The van der Waals surface area contributed by atoms with Gasteiger partial charge >= 0.3 is 11.6 Å². The van der Waals surface area contributed by atoms with Gasteiger partial charge in [0.25, 0.3) is 0 Å². The fourth-order valence-electron chi connectivity index (χ4n) is 3.53. The smallest absolute Gasteiger partial charge is 0.336 e. The molecule has 0 atom stereocenters. The zero-order chi connectivity index (χ0) is 24.8. The van der Waals surface area contributed by atoms with Gasteiger partial charge in [0.15, 0.2) is 11.2 Å². The number of hydrogen-bond acceptors (Lipinski definition) is 8. The van der Waals surface area contributed by atoms with Crippen molar-refractivity contribution in [2.45, 2.75) is 39.2 Å². The van der Waals surface area contributed by atoms with Crippen LogP contribution in [0.15, 0.2) is 68.4 Å². The lowest BCUT2D eigenvalue weighted by Gasteiger charge is -2.19. The number of carbonyl (C=O) groups excluding carboxylic acids is 1. The Balaban J connectivity index is 1.22. The predicted molar refractivity (Wildman–Crippen MR) is 133 cm³/mol. The summed E-state index contributed by atoms with van der Waals surface area (Å²) in [4.78, 5) is 23.5. The highest BCUT2D eigenvalue weighted by atomic mass is 16.6. The van der Waals surface area contributed by atoms with E-state index in [1.54, 1.807) is 12.3 Å². The maximum Gasteiger partial charge on any atom is 0.336 e. The molecule has 0 saturated carbocycles. The molecule has 0 aliphatic heterocycles. The van der Waals surface area contributed by atoms with Gasteiger partial charge in [-0.25, -0.2) is 4.79 Å². The Morgan fingerprint density at radius 2 is 1.63 bits per heavy atom. The van der Waals surface area contributed by atoms with E-state index in [-0.39, 0.29) is 12.5 Å². The second kappa shape index (κ2) is 10.5. The molecule has 35 heavy (non-hydrogen) atoms. The first-order valence-electron chi connectivity index (χ1n) is 11.5. The Morgan fingerprint density at radius 3 is 2.37 bits per heavy atom. The fourth-order valence-corrected chi connectivity index (χ4v) is 3.53. The number of unbranched alkanes of at least 4 members (excludes halogenated alkanes) is 1. The topological polar surface area (TPSA) is 100 Å². The molecule has 2 heterocycles. The van der Waals surface area contributed by atoms with Crippen molar-refractivity contribution in [1.29, 1.82) is 0 Å². The first-order valence-corrected chi connectivity index (χ1v) is 11.5. The minimum Gasteiger partial charge on any atom is -0.494 e. The third kappa shape index (κ3) is 6.56. The summed E-state index contributed by atoms with van der Waals surface area (Å²) in [6, 6.07) is 14.2. The quantitative estimate of drug-likeness (QED) is 0.180. The summed E-state index contributed by atoms with van der Waals surface area (Å²) in [5, 5.41) is 4.70. The summed E-state index contributed by atoms with van der Waals surface area (Å²) in [5.74, 6) is 0.871. The number of benzene rings is 2. The lowest BCUT2D eigenvalue weighted by atomic mass is 10.1. The monoisotopic (exact) mass is 479 g/mol. The van der Waals surface area contributed by atoms with E-state index >= 15 is 0 Å². The largest absolute Gasteiger partial charge is 0.494 e. The zero-order valence-corrected chi connectivity index (χ0v) is 20.1. The predicted octanol–water partition coefficient (Wildman–Crippen LogP) is 5.53. The molecule has 0 unspecified atom stereocenters. The van der Waals surface area contributed by atoms with Crippen molar-refractivity contribution in [3.63, 3.8) is 0 Å². The number of ether oxygens (including phenoxy) is 3. The highest BCUT2D eigenvalue weighted by molar-refractivity contribution is 5.99. The molecule has 2 aromatic heterocycles. The summed E-state index contributed by atoms with van der Waals surface area (Å²) < 4.78 is 28.0. The molecule has 0 spiro atoms. The summed E-state index contributed by atoms with van der Waals surface area (Å²) in [6.45, 7) is 6.55. The van der Waals surface area contributed by atoms with Crippen LogP contribution in [0.4, 0.5) is 5.69 Å². The van der Waals surface area contributed by atoms with E-state index < -0.39 is 11.2 Å². The lowest BCUT2D eigenvalue weighted by Crippen LogP contribution is -2.28. The Morgan fingerprint density at radius 1 is 0.914 bits per heavy atom. The average molecular weight is 480 g/mol. The number of carbonyl (C=O) groups is 1. The van der Waals surface area contributed by atoms with Gasteiger partial charge in [0.1, 0.15) is 17.9 Å². The van der Waals surface area contributed by atoms with E-state index in [2.05, 4.69) is 5.32 Å². The van der Waals surface area contributed by atoms with Gasteiger partial charge in [-0.05, 0) is 76.1 Å². The molecule has 0 aliphatic carbocycles. The molecule has 0 saturated heterocycles. The number of furan rings is 1. The van der Waals surface area contributed by atoms with Crippen LogP contribution in [-0.4, -0.2) is 31.3 Å². The number of anilines is 1. The lowest BCUT2D eigenvalue weighted by molar-refractivity contribution is -0.152. The molecule has 2 aromatic carbocycles. The van der Waals surface area contributed by atoms with Crippen LogP contribution in [0.5, 0.6) is 11.5 Å². The molecule has 0 radical (unpaired) electrons. The van der Waals surface area contributed by atoms with Gasteiger partial charge in [0, 0.05) is 22.5 Å². The van der Waals surface area contributed by atoms with E-state index in [9.17, 15) is 9.59 Å². The third-order valence-electron chi connectivity index (χ3n) is 5.05. The number of fused-ring (bicyclic) bond motifs is 2. The number of rotatable bonds is 10. The first-order chi connectivity index (χ1) is 16.8. The number of esters is 1. The van der Waals surface area contributed by atoms with Crippen LogP contribution >= 0.6 is 0 Å². The Bertz CT molecular complexity index is 1350. The molecule has 0 aliphatic rings. The molecule has 0 bridgehead atoms. The highest BCUT2D eigenvalue weighted by Crippen LogP contribution is 2.35. The van der Waals surface area contributed by atoms with E-state index in [1.807, 2.05) is 57.2 Å². The maximum atomic E-state index is 11.8. The Hall–Kier alpha value is -3.94. The van der Waals surface area contributed by atoms with Crippen LogP contribution in [0.3, 0.4) is 0 Å². The average Bonchev–Trinajstić information content (AvgIpc) is 3.27. The van der Waals surface area contributed by atoms with Crippen LogP contribution < -0.4 is 20.4 Å². The van der Waals surface area contributed by atoms with Crippen molar-refractivity contribution >= 4 is 33.6 Å². The van der Waals surface area contributed by atoms with Crippen LogP contribution in [0.2, 0.25) is 0 Å². The first kappa shape index (κ1) is 24.2. The number of nitrogens with one attached hydrogen (secondary N) is 1. The molecule has 8 nitrogen and oxygen atoms in total. The molecule has 4 aromatic rings. The van der Waals surface area contributed by atoms with Gasteiger partial charge in [-0.15, -0.1) is 0 Å². The molecule has 1 N–H and O–H groups in total. The van der Waals surface area contributed by atoms with Crippen LogP contribution in [-0.2, 0) is 9.53 Å². The zero-order valence-electron chi connectivity index (χ0n) is 20.1. The third-order valence-corrected chi connectivity index (χ3v) is 5.05. The van der Waals surface area contributed by atoms with Crippen LogP contribution in [0.1, 0.15) is 33.6 Å². The van der Waals surface area contributed by atoms with Crippen LogP contribution in [0, 0.1) is 0 Å². The van der Waals surface area contributed by atoms with Crippen molar-refractivity contribution in [3.05, 3.63) is 65.2 Å². The SMILES string of the molecule is CC(C)(C)OC(=O)CNc1ccc(OCCCCOc2c3occc3cc3ccc(=O)oc23)cc1. The standard InChI is InChI=1S/C27H29NO7/c1-27(2,3)35-23(30)17-28-20-7-9-21(10-8-20)31-13-4-5-14-32-26-24-19(12-15-33-24)16-18-6-11-22(29)34-25(18)26/h6-12,15-16,28H,4-5,13-14,17H2,1-3H3. The highest BCUT2D eigenvalue weighted by Gasteiger charge is 2.16. The van der Waals surface area contributed by atoms with Crippen LogP contribution in [0.25, 0.3) is 21.9 Å². The molecular weight excluding hydrogens is 450 g/mol. The Labute approximate surface area is 202 Å². The van der Waals surface area contributed by atoms with E-state index in [4.69, 9.17) is 23.0 Å². The van der Waals surface area contributed by atoms with Gasteiger partial charge in [-0.2, -0.15) is 0 Å². The van der Waals surface area contributed by atoms with Crippen molar-refractivity contribution in [3.8, 4) is 11.5 Å². The molecule has 4 rings (SSSR count). The maximum absolute atomic E-state index is 11.8. The normalized spacial score (nSPS) is 11.5. The fraction of sp³-hybridized carbons (Fsp3) is 0.333. The van der Waals surface area contributed by atoms with E-state index in [0.29, 0.717) is 30.1 Å². The minimum absolute atomic E-state index is 0.0991. The van der Waals surface area contributed by atoms with Crippen molar-refractivity contribution in [2.24, 2.45) is 0 Å². The van der Waals surface area contributed by atoms with Crippen molar-refractivity contribution in [2.75, 3.05) is 25.1 Å². The number of hydrogen-bond donors (Lipinski definition) is 1. The minimum atomic E-state index is -0.503. The van der Waals surface area contributed by atoms with Crippen molar-refractivity contribution in [1.82, 2.24) is 0 Å². The van der Waals surface area contributed by atoms with E-state index in [0.717, 1.165) is 35.1 Å². The second-order valence-corrected chi connectivity index (χ2v) is 9.09. The molecule has 8 heteroatoms. The summed E-state index contributed by atoms with van der Waals surface area (Å²) >= 11 is 0. The molecule has 184 valence electrons. The Kier molecular flexibility index (Phi) is 7.29. The molecule has 0 amide bonds. The van der Waals surface area contributed by atoms with Gasteiger partial charge in [-0.3, -0.25) is 4.79 Å². The van der Waals surface area contributed by atoms with Gasteiger partial charge < -0.3 is 28.4 Å². The summed E-state index contributed by atoms with van der Waals surface area (Å²) in [6.07, 6.45) is 3.10. The van der Waals surface area contributed by atoms with Gasteiger partial charge in [0.2, 0.25) is 5.75 Å². The van der Waals surface area contributed by atoms with Gasteiger partial charge in [0.05, 0.1) is 19.5 Å². The van der Waals surface area contributed by atoms with E-state index in [1.165, 1.54) is 6.07 Å². The molecular formula is C27H29NO7.